The Hall–Kier alpha value is -2.83. The van der Waals surface area contributed by atoms with Gasteiger partial charge < -0.3 is 24.9 Å². The maximum absolute atomic E-state index is 12.9. The van der Waals surface area contributed by atoms with Crippen LogP contribution in [-0.4, -0.2) is 51.6 Å². The van der Waals surface area contributed by atoms with E-state index in [1.54, 1.807) is 20.8 Å². The van der Waals surface area contributed by atoms with Gasteiger partial charge in [0, 0.05) is 6.42 Å². The third kappa shape index (κ3) is 4.76. The molecule has 1 unspecified atom stereocenters. The van der Waals surface area contributed by atoms with Crippen LogP contribution in [0.4, 0.5) is 24.9 Å². The summed E-state index contributed by atoms with van der Waals surface area (Å²) in [6.45, 7) is 4.03. The monoisotopic (exact) mass is 521 g/mol. The molecule has 1 aliphatic carbocycles. The second-order valence-corrected chi connectivity index (χ2v) is 10.6. The number of halogens is 3. The standard InChI is InChI=1S/C24H26F3N5O3S/c1-13-17(20-30-15-6-4-5-7-16(15)36-20)19(31-21(29-13)28-12-24(25,26)27)32-23-10-8-14(9-11-33)18(23)34-22(2,3)35-23/h4-7,11,14,18H,8-10,12H2,1-3H3,(H2,28,29,31,32)/t14?,18-,23-/m1/s1. The fourth-order valence-electron chi connectivity index (χ4n) is 5.02. The van der Waals surface area contributed by atoms with Crippen molar-refractivity contribution in [3.05, 3.63) is 30.0 Å². The second-order valence-electron chi connectivity index (χ2n) is 9.57. The average Bonchev–Trinajstić information content (AvgIpc) is 3.41. The molecule has 3 aromatic rings. The van der Waals surface area contributed by atoms with Gasteiger partial charge in [-0.05, 0) is 51.7 Å². The Labute approximate surface area is 209 Å². The van der Waals surface area contributed by atoms with Gasteiger partial charge in [0.15, 0.2) is 11.5 Å². The molecule has 0 amide bonds. The first-order valence-corrected chi connectivity index (χ1v) is 12.5. The van der Waals surface area contributed by atoms with E-state index in [1.807, 2.05) is 24.3 Å². The van der Waals surface area contributed by atoms with Crippen LogP contribution in [-0.2, 0) is 14.3 Å². The van der Waals surface area contributed by atoms with E-state index in [4.69, 9.17) is 14.5 Å². The van der Waals surface area contributed by atoms with E-state index in [9.17, 15) is 18.0 Å². The molecule has 1 saturated heterocycles. The van der Waals surface area contributed by atoms with Gasteiger partial charge in [-0.1, -0.05) is 12.1 Å². The smallest absolute Gasteiger partial charge is 0.345 e. The number of hydrogen-bond donors (Lipinski definition) is 2. The zero-order valence-electron chi connectivity index (χ0n) is 20.0. The first-order valence-electron chi connectivity index (χ1n) is 11.6. The summed E-state index contributed by atoms with van der Waals surface area (Å²) < 4.78 is 52.2. The maximum atomic E-state index is 12.9. The number of nitrogens with one attached hydrogen (secondary N) is 2. The van der Waals surface area contributed by atoms with Crippen LogP contribution in [0.1, 0.15) is 38.8 Å². The third-order valence-corrected chi connectivity index (χ3v) is 7.44. The van der Waals surface area contributed by atoms with Crippen LogP contribution in [0.2, 0.25) is 0 Å². The maximum Gasteiger partial charge on any atom is 0.405 e. The summed E-state index contributed by atoms with van der Waals surface area (Å²) in [6, 6.07) is 7.65. The Morgan fingerprint density at radius 3 is 2.72 bits per heavy atom. The molecule has 0 bridgehead atoms. The molecule has 1 aliphatic heterocycles. The van der Waals surface area contributed by atoms with Gasteiger partial charge in [-0.25, -0.2) is 9.97 Å². The lowest BCUT2D eigenvalue weighted by Crippen LogP contribution is -2.46. The Kier molecular flexibility index (Phi) is 6.16. The molecule has 5 rings (SSSR count). The number of carbonyl (C=O) groups is 1. The van der Waals surface area contributed by atoms with Crippen LogP contribution < -0.4 is 10.6 Å². The number of benzene rings is 1. The number of alkyl halides is 3. The SMILES string of the molecule is Cc1nc(NCC(F)(F)F)nc(N[C@@]23CCC(CC=O)[C@H]2OC(C)(C)O3)c1-c1nc2ccccc2s1. The van der Waals surface area contributed by atoms with E-state index in [0.29, 0.717) is 41.3 Å². The minimum Gasteiger partial charge on any atom is -0.345 e. The molecule has 8 nitrogen and oxygen atoms in total. The lowest BCUT2D eigenvalue weighted by Gasteiger charge is -2.31. The topological polar surface area (TPSA) is 98.3 Å². The summed E-state index contributed by atoms with van der Waals surface area (Å²) in [5.41, 5.74) is 0.829. The van der Waals surface area contributed by atoms with E-state index >= 15 is 0 Å². The summed E-state index contributed by atoms with van der Waals surface area (Å²) >= 11 is 1.44. The number of fused-ring (bicyclic) bond motifs is 2. The number of ether oxygens (including phenoxy) is 2. The molecule has 36 heavy (non-hydrogen) atoms. The van der Waals surface area contributed by atoms with Crippen molar-refractivity contribution in [1.82, 2.24) is 15.0 Å². The fraction of sp³-hybridized carbons (Fsp3) is 0.500. The predicted molar refractivity (Wildman–Crippen MR) is 130 cm³/mol. The molecule has 12 heteroatoms. The summed E-state index contributed by atoms with van der Waals surface area (Å²) in [5.74, 6) is -0.849. The van der Waals surface area contributed by atoms with Gasteiger partial charge in [0.2, 0.25) is 5.95 Å². The van der Waals surface area contributed by atoms with Gasteiger partial charge >= 0.3 is 6.18 Å². The first kappa shape index (κ1) is 24.8. The number of carbonyl (C=O) groups excluding carboxylic acids is 1. The van der Waals surface area contributed by atoms with Crippen molar-refractivity contribution in [3.63, 3.8) is 0 Å². The lowest BCUT2D eigenvalue weighted by molar-refractivity contribution is -0.167. The predicted octanol–water partition coefficient (Wildman–Crippen LogP) is 5.29. The van der Waals surface area contributed by atoms with E-state index in [-0.39, 0.29) is 11.9 Å². The van der Waals surface area contributed by atoms with Gasteiger partial charge in [-0.15, -0.1) is 11.3 Å². The molecule has 1 aromatic carbocycles. The fourth-order valence-corrected chi connectivity index (χ4v) is 6.09. The van der Waals surface area contributed by atoms with Gasteiger partial charge in [0.05, 0.1) is 21.5 Å². The highest BCUT2D eigenvalue weighted by Crippen LogP contribution is 2.51. The Balaban J connectivity index is 1.59. The normalized spacial score (nSPS) is 25.2. The molecule has 0 radical (unpaired) electrons. The number of nitrogens with zero attached hydrogens (tertiary/aromatic N) is 3. The molecule has 0 spiro atoms. The van der Waals surface area contributed by atoms with Crippen LogP contribution in [0, 0.1) is 12.8 Å². The number of aldehydes is 1. The molecule has 192 valence electrons. The van der Waals surface area contributed by atoms with Crippen molar-refractivity contribution in [1.29, 1.82) is 0 Å². The molecule has 2 aliphatic rings. The number of anilines is 2. The van der Waals surface area contributed by atoms with E-state index < -0.39 is 30.3 Å². The van der Waals surface area contributed by atoms with Crippen molar-refractivity contribution >= 4 is 39.6 Å². The van der Waals surface area contributed by atoms with E-state index in [2.05, 4.69) is 20.6 Å². The highest BCUT2D eigenvalue weighted by atomic mass is 32.1. The summed E-state index contributed by atoms with van der Waals surface area (Å²) in [7, 11) is 0. The van der Waals surface area contributed by atoms with Crippen molar-refractivity contribution in [3.8, 4) is 10.6 Å². The molecule has 3 atom stereocenters. The number of thiazole rings is 1. The van der Waals surface area contributed by atoms with Crippen molar-refractivity contribution < 1.29 is 27.4 Å². The van der Waals surface area contributed by atoms with Crippen LogP contribution >= 0.6 is 11.3 Å². The van der Waals surface area contributed by atoms with Crippen LogP contribution in [0.15, 0.2) is 24.3 Å². The van der Waals surface area contributed by atoms with Crippen molar-refractivity contribution in [2.75, 3.05) is 17.2 Å². The quantitative estimate of drug-likeness (QED) is 0.405. The molecule has 1 saturated carbocycles. The molecule has 2 N–H and O–H groups in total. The van der Waals surface area contributed by atoms with Gasteiger partial charge in [-0.2, -0.15) is 18.2 Å². The number of aryl methyl sites for hydroxylation is 1. The van der Waals surface area contributed by atoms with Crippen molar-refractivity contribution in [2.24, 2.45) is 5.92 Å². The van der Waals surface area contributed by atoms with Crippen LogP contribution in [0.3, 0.4) is 0 Å². The highest BCUT2D eigenvalue weighted by Gasteiger charge is 2.60. The molecule has 2 fully saturated rings. The van der Waals surface area contributed by atoms with Crippen molar-refractivity contribution in [2.45, 2.75) is 63.8 Å². The lowest BCUT2D eigenvalue weighted by atomic mass is 10.00. The summed E-state index contributed by atoms with van der Waals surface area (Å²) in [4.78, 5) is 24.8. The third-order valence-electron chi connectivity index (χ3n) is 6.39. The Morgan fingerprint density at radius 2 is 2.00 bits per heavy atom. The Bertz CT molecular complexity index is 1260. The van der Waals surface area contributed by atoms with Gasteiger partial charge in [-0.3, -0.25) is 0 Å². The minimum atomic E-state index is -4.43. The molecule has 2 aromatic heterocycles. The summed E-state index contributed by atoms with van der Waals surface area (Å²) in [5, 5.41) is 6.29. The van der Waals surface area contributed by atoms with E-state index in [0.717, 1.165) is 16.5 Å². The molecular formula is C24H26F3N5O3S. The minimum absolute atomic E-state index is 0.0616. The largest absolute Gasteiger partial charge is 0.405 e. The number of para-hydroxylation sites is 1. The number of rotatable bonds is 7. The zero-order chi connectivity index (χ0) is 25.7. The average molecular weight is 522 g/mol. The summed E-state index contributed by atoms with van der Waals surface area (Å²) in [6.07, 6.45) is -2.46. The van der Waals surface area contributed by atoms with E-state index in [1.165, 1.54) is 11.3 Å². The Morgan fingerprint density at radius 1 is 1.22 bits per heavy atom. The highest BCUT2D eigenvalue weighted by molar-refractivity contribution is 7.21. The number of hydrogen-bond acceptors (Lipinski definition) is 9. The molecule has 3 heterocycles. The van der Waals surface area contributed by atoms with Crippen LogP contribution in [0.5, 0.6) is 0 Å². The van der Waals surface area contributed by atoms with Gasteiger partial charge in [0.1, 0.15) is 29.8 Å². The first-order chi connectivity index (χ1) is 17.0. The number of aromatic nitrogens is 3. The molecular weight excluding hydrogens is 495 g/mol. The zero-order valence-corrected chi connectivity index (χ0v) is 20.8. The van der Waals surface area contributed by atoms with Crippen LogP contribution in [0.25, 0.3) is 20.8 Å². The second kappa shape index (κ2) is 8.93. The van der Waals surface area contributed by atoms with Gasteiger partial charge in [0.25, 0.3) is 0 Å².